The number of quaternary nitrogens is 1. The third kappa shape index (κ3) is 5.18. The highest BCUT2D eigenvalue weighted by atomic mass is 16.5. The van der Waals surface area contributed by atoms with E-state index in [4.69, 9.17) is 14.5 Å². The molecule has 1 unspecified atom stereocenters. The molecule has 2 heterocycles. The Morgan fingerprint density at radius 2 is 1.79 bits per heavy atom. The number of imidazole rings is 1. The second-order valence-corrected chi connectivity index (χ2v) is 7.56. The summed E-state index contributed by atoms with van der Waals surface area (Å²) in [4.78, 5) is 34.4. The van der Waals surface area contributed by atoms with Crippen LogP contribution in [0, 0.1) is 13.8 Å². The summed E-state index contributed by atoms with van der Waals surface area (Å²) in [5.74, 6) is 0.424. The van der Waals surface area contributed by atoms with Crippen molar-refractivity contribution in [1.82, 2.24) is 19.4 Å². The molecule has 0 saturated heterocycles. The van der Waals surface area contributed by atoms with Crippen LogP contribution in [-0.2, 0) is 19.1 Å². The Kier molecular flexibility index (Phi) is 7.84. The van der Waals surface area contributed by atoms with Crippen LogP contribution >= 0.6 is 0 Å². The molecule has 1 N–H and O–H groups in total. The van der Waals surface area contributed by atoms with Gasteiger partial charge in [-0.25, -0.2) is 4.48 Å². The van der Waals surface area contributed by atoms with Gasteiger partial charge in [0.1, 0.15) is 12.2 Å². The topological polar surface area (TPSA) is 84.5 Å². The summed E-state index contributed by atoms with van der Waals surface area (Å²) in [6, 6.07) is 0. The first-order chi connectivity index (χ1) is 13.7. The molecule has 0 amide bonds. The van der Waals surface area contributed by atoms with Gasteiger partial charge >= 0.3 is 17.9 Å². The van der Waals surface area contributed by atoms with Gasteiger partial charge in [-0.05, 0) is 34.1 Å². The van der Waals surface area contributed by atoms with Crippen molar-refractivity contribution in [1.29, 1.82) is 0 Å². The molecule has 1 aliphatic rings. The van der Waals surface area contributed by atoms with Gasteiger partial charge in [0.25, 0.3) is 0 Å². The quantitative estimate of drug-likeness (QED) is 0.474. The van der Waals surface area contributed by atoms with Crippen LogP contribution in [-0.4, -0.2) is 59.8 Å². The van der Waals surface area contributed by atoms with E-state index in [-0.39, 0.29) is 11.9 Å². The molecule has 0 spiro atoms. The molecule has 0 aliphatic carbocycles. The normalized spacial score (nSPS) is 19.0. The van der Waals surface area contributed by atoms with Gasteiger partial charge in [0, 0.05) is 19.2 Å². The van der Waals surface area contributed by atoms with Gasteiger partial charge in [-0.15, -0.1) is 0 Å². The summed E-state index contributed by atoms with van der Waals surface area (Å²) >= 11 is 0. The smallest absolute Gasteiger partial charge is 0.313 e. The van der Waals surface area contributed by atoms with Gasteiger partial charge < -0.3 is 14.4 Å². The van der Waals surface area contributed by atoms with Gasteiger partial charge in [-0.2, -0.15) is 4.98 Å². The standard InChI is InChI=1S/C21H35N4O4/c1-7-13-29-19(26)9-11-24-14-25(18(6)17(24)5,12-10-20(27)28-8-2)21-22-15(3)16(4)23-21/h7-14H2,1-6H3,(H,22,23)/q+1. The van der Waals surface area contributed by atoms with Crippen LogP contribution in [0.5, 0.6) is 0 Å². The number of aromatic amines is 1. The minimum atomic E-state index is -0.211. The lowest BCUT2D eigenvalue weighted by Gasteiger charge is -2.32. The Balaban J connectivity index is 2.24. The van der Waals surface area contributed by atoms with Crippen molar-refractivity contribution < 1.29 is 19.1 Å². The number of nitrogens with one attached hydrogen (secondary N) is 1. The molecule has 0 bridgehead atoms. The third-order valence-electron chi connectivity index (χ3n) is 5.63. The van der Waals surface area contributed by atoms with Crippen LogP contribution in [0.25, 0.3) is 0 Å². The molecule has 0 aromatic carbocycles. The Morgan fingerprint density at radius 1 is 1.10 bits per heavy atom. The molecule has 1 aromatic rings. The van der Waals surface area contributed by atoms with Crippen LogP contribution in [0.3, 0.4) is 0 Å². The number of esters is 2. The molecule has 1 aromatic heterocycles. The van der Waals surface area contributed by atoms with Gasteiger partial charge in [-0.1, -0.05) is 6.92 Å². The number of rotatable bonds is 10. The number of aromatic nitrogens is 2. The van der Waals surface area contributed by atoms with Gasteiger partial charge in [-0.3, -0.25) is 14.6 Å². The van der Waals surface area contributed by atoms with E-state index in [2.05, 4.69) is 23.7 Å². The number of H-pyrrole nitrogens is 1. The molecular formula is C21H35N4O4+. The zero-order valence-corrected chi connectivity index (χ0v) is 18.6. The fourth-order valence-electron chi connectivity index (χ4n) is 3.61. The van der Waals surface area contributed by atoms with Crippen LogP contribution in [0.15, 0.2) is 11.4 Å². The molecule has 29 heavy (non-hydrogen) atoms. The Labute approximate surface area is 173 Å². The first kappa shape index (κ1) is 22.9. The number of aryl methyl sites for hydroxylation is 2. The highest BCUT2D eigenvalue weighted by Gasteiger charge is 2.45. The SMILES string of the molecule is CCCOC(=O)CCN1C[N+](CCC(=O)OCC)(c2nc(C)c(C)[nH]2)C(C)=C1C. The molecule has 0 radical (unpaired) electrons. The Morgan fingerprint density at radius 3 is 2.38 bits per heavy atom. The average Bonchev–Trinajstić information content (AvgIpc) is 3.15. The van der Waals surface area contributed by atoms with E-state index in [1.807, 2.05) is 27.7 Å². The van der Waals surface area contributed by atoms with Crippen molar-refractivity contribution >= 4 is 17.9 Å². The summed E-state index contributed by atoms with van der Waals surface area (Å²) in [6.07, 6.45) is 1.45. The van der Waals surface area contributed by atoms with Crippen LogP contribution in [0.2, 0.25) is 0 Å². The van der Waals surface area contributed by atoms with E-state index in [0.717, 1.165) is 35.2 Å². The number of allylic oxidation sites excluding steroid dienone is 2. The number of hydrogen-bond acceptors (Lipinski definition) is 6. The zero-order chi connectivity index (χ0) is 21.6. The minimum Gasteiger partial charge on any atom is -0.466 e. The van der Waals surface area contributed by atoms with Crippen molar-refractivity contribution in [3.05, 3.63) is 22.8 Å². The largest absolute Gasteiger partial charge is 0.466 e. The summed E-state index contributed by atoms with van der Waals surface area (Å²) in [6.45, 7) is 14.5. The summed E-state index contributed by atoms with van der Waals surface area (Å²) < 4.78 is 10.8. The summed E-state index contributed by atoms with van der Waals surface area (Å²) in [5.41, 5.74) is 4.18. The van der Waals surface area contributed by atoms with Crippen LogP contribution in [0.1, 0.15) is 58.3 Å². The molecular weight excluding hydrogens is 372 g/mol. The maximum atomic E-state index is 12.1. The van der Waals surface area contributed by atoms with E-state index >= 15 is 0 Å². The molecule has 0 saturated carbocycles. The number of carbonyl (C=O) groups is 2. The molecule has 162 valence electrons. The number of nitrogens with zero attached hydrogens (tertiary/aromatic N) is 3. The van der Waals surface area contributed by atoms with Gasteiger partial charge in [0.2, 0.25) is 0 Å². The third-order valence-corrected chi connectivity index (χ3v) is 5.63. The van der Waals surface area contributed by atoms with Gasteiger partial charge in [0.05, 0.1) is 37.4 Å². The van der Waals surface area contributed by atoms with E-state index in [1.165, 1.54) is 0 Å². The Hall–Kier alpha value is -2.35. The lowest BCUT2D eigenvalue weighted by molar-refractivity contribution is -0.144. The monoisotopic (exact) mass is 407 g/mol. The highest BCUT2D eigenvalue weighted by molar-refractivity contribution is 5.70. The van der Waals surface area contributed by atoms with Crippen molar-refractivity contribution in [3.63, 3.8) is 0 Å². The van der Waals surface area contributed by atoms with Crippen molar-refractivity contribution in [2.45, 2.75) is 60.8 Å². The first-order valence-corrected chi connectivity index (χ1v) is 10.4. The highest BCUT2D eigenvalue weighted by Crippen LogP contribution is 2.36. The average molecular weight is 408 g/mol. The Bertz CT molecular complexity index is 751. The minimum absolute atomic E-state index is 0.182. The maximum Gasteiger partial charge on any atom is 0.313 e. The van der Waals surface area contributed by atoms with Crippen LogP contribution < -0.4 is 4.48 Å². The lowest BCUT2D eigenvalue weighted by Crippen LogP contribution is -2.50. The van der Waals surface area contributed by atoms with E-state index in [0.29, 0.717) is 50.3 Å². The molecule has 1 aliphatic heterocycles. The first-order valence-electron chi connectivity index (χ1n) is 10.4. The van der Waals surface area contributed by atoms with E-state index in [1.54, 1.807) is 0 Å². The second-order valence-electron chi connectivity index (χ2n) is 7.56. The predicted octanol–water partition coefficient (Wildman–Crippen LogP) is 3.15. The molecule has 8 heteroatoms. The molecule has 8 nitrogen and oxygen atoms in total. The fourth-order valence-corrected chi connectivity index (χ4v) is 3.61. The second kappa shape index (κ2) is 9.91. The summed E-state index contributed by atoms with van der Waals surface area (Å²) in [7, 11) is 0. The number of carbonyl (C=O) groups excluding carboxylic acids is 2. The van der Waals surface area contributed by atoms with E-state index < -0.39 is 0 Å². The number of hydrogen-bond donors (Lipinski definition) is 1. The molecule has 1 atom stereocenters. The van der Waals surface area contributed by atoms with E-state index in [9.17, 15) is 9.59 Å². The van der Waals surface area contributed by atoms with Crippen LogP contribution in [0.4, 0.5) is 5.95 Å². The summed E-state index contributed by atoms with van der Waals surface area (Å²) in [5, 5.41) is 0. The predicted molar refractivity (Wildman–Crippen MR) is 112 cm³/mol. The fraction of sp³-hybridized carbons (Fsp3) is 0.667. The van der Waals surface area contributed by atoms with Gasteiger partial charge in [0.15, 0.2) is 6.67 Å². The van der Waals surface area contributed by atoms with Crippen molar-refractivity contribution in [2.24, 2.45) is 0 Å². The molecule has 0 fully saturated rings. The molecule has 2 rings (SSSR count). The maximum absolute atomic E-state index is 12.1. The van der Waals surface area contributed by atoms with Crippen molar-refractivity contribution in [2.75, 3.05) is 33.0 Å². The number of ether oxygens (including phenoxy) is 2. The van der Waals surface area contributed by atoms with Crippen molar-refractivity contribution in [3.8, 4) is 0 Å². The lowest BCUT2D eigenvalue weighted by atomic mass is 10.2. The zero-order valence-electron chi connectivity index (χ0n) is 18.6.